The third kappa shape index (κ3) is 3.76. The number of benzene rings is 2. The summed E-state index contributed by atoms with van der Waals surface area (Å²) in [4.78, 5) is 12.3. The van der Waals surface area contributed by atoms with Gasteiger partial charge >= 0.3 is 0 Å². The fourth-order valence-corrected chi connectivity index (χ4v) is 2.37. The Hall–Kier alpha value is -2.01. The second kappa shape index (κ2) is 6.63. The highest BCUT2D eigenvalue weighted by Gasteiger charge is 2.14. The maximum absolute atomic E-state index is 12.3. The molecule has 0 unspecified atom stereocenters. The minimum absolute atomic E-state index is 0.119. The molecule has 0 spiro atoms. The van der Waals surface area contributed by atoms with E-state index in [1.54, 1.807) is 25.3 Å². The third-order valence-electron chi connectivity index (χ3n) is 3.22. The van der Waals surface area contributed by atoms with Gasteiger partial charge < -0.3 is 15.8 Å². The van der Waals surface area contributed by atoms with Crippen molar-refractivity contribution >= 4 is 27.5 Å². The van der Waals surface area contributed by atoms with E-state index in [0.29, 0.717) is 11.3 Å². The number of nitrogens with two attached hydrogens (primary N) is 1. The summed E-state index contributed by atoms with van der Waals surface area (Å²) >= 11 is 3.32. The van der Waals surface area contributed by atoms with Crippen LogP contribution < -0.4 is 15.8 Å². The normalized spacial score (nSPS) is 11.8. The van der Waals surface area contributed by atoms with Crippen LogP contribution in [0.15, 0.2) is 46.9 Å². The monoisotopic (exact) mass is 348 g/mol. The SMILES string of the molecule is COc1ccc([C@@H](C)NC(=O)c2ccc(Br)cc2N)cc1. The van der Waals surface area contributed by atoms with Crippen LogP contribution in [0.25, 0.3) is 0 Å². The Labute approximate surface area is 132 Å². The summed E-state index contributed by atoms with van der Waals surface area (Å²) in [5, 5.41) is 2.94. The molecule has 0 saturated heterocycles. The van der Waals surface area contributed by atoms with Gasteiger partial charge in [0.05, 0.1) is 18.7 Å². The maximum atomic E-state index is 12.3. The second-order valence-electron chi connectivity index (χ2n) is 4.70. The molecule has 5 heteroatoms. The highest BCUT2D eigenvalue weighted by atomic mass is 79.9. The molecular weight excluding hydrogens is 332 g/mol. The first kappa shape index (κ1) is 15.4. The van der Waals surface area contributed by atoms with Gasteiger partial charge in [0.2, 0.25) is 0 Å². The molecule has 21 heavy (non-hydrogen) atoms. The van der Waals surface area contributed by atoms with Crippen LogP contribution in [-0.4, -0.2) is 13.0 Å². The van der Waals surface area contributed by atoms with Crippen LogP contribution in [0, 0.1) is 0 Å². The van der Waals surface area contributed by atoms with Gasteiger partial charge in [0, 0.05) is 10.2 Å². The van der Waals surface area contributed by atoms with Crippen molar-refractivity contribution in [1.82, 2.24) is 5.32 Å². The van der Waals surface area contributed by atoms with Crippen LogP contribution in [-0.2, 0) is 0 Å². The van der Waals surface area contributed by atoms with Crippen LogP contribution in [0.1, 0.15) is 28.9 Å². The average molecular weight is 349 g/mol. The highest BCUT2D eigenvalue weighted by Crippen LogP contribution is 2.21. The molecular formula is C16H17BrN2O2. The summed E-state index contributed by atoms with van der Waals surface area (Å²) in [6, 6.07) is 12.7. The average Bonchev–Trinajstić information content (AvgIpc) is 2.47. The van der Waals surface area contributed by atoms with Gasteiger partial charge in [0.25, 0.3) is 5.91 Å². The van der Waals surface area contributed by atoms with Gasteiger partial charge in [-0.2, -0.15) is 0 Å². The first-order valence-corrected chi connectivity index (χ1v) is 7.30. The minimum atomic E-state index is -0.191. The molecule has 0 radical (unpaired) electrons. The zero-order valence-electron chi connectivity index (χ0n) is 11.9. The molecule has 0 aromatic heterocycles. The Kier molecular flexibility index (Phi) is 4.85. The number of carbonyl (C=O) groups excluding carboxylic acids is 1. The van der Waals surface area contributed by atoms with E-state index in [1.165, 1.54) is 0 Å². The van der Waals surface area contributed by atoms with Crippen LogP contribution in [0.5, 0.6) is 5.75 Å². The first-order chi connectivity index (χ1) is 10.0. The van der Waals surface area contributed by atoms with Crippen molar-refractivity contribution in [2.75, 3.05) is 12.8 Å². The van der Waals surface area contributed by atoms with E-state index in [1.807, 2.05) is 31.2 Å². The summed E-state index contributed by atoms with van der Waals surface area (Å²) in [7, 11) is 1.62. The number of nitrogens with one attached hydrogen (secondary N) is 1. The summed E-state index contributed by atoms with van der Waals surface area (Å²) in [6.07, 6.45) is 0. The van der Waals surface area contributed by atoms with Gasteiger partial charge in [0.15, 0.2) is 0 Å². The molecule has 0 saturated carbocycles. The van der Waals surface area contributed by atoms with E-state index in [4.69, 9.17) is 10.5 Å². The Morgan fingerprint density at radius 3 is 2.48 bits per heavy atom. The Morgan fingerprint density at radius 2 is 1.90 bits per heavy atom. The molecule has 0 fully saturated rings. The van der Waals surface area contributed by atoms with Crippen molar-refractivity contribution in [3.8, 4) is 5.75 Å². The number of hydrogen-bond donors (Lipinski definition) is 2. The molecule has 1 atom stereocenters. The van der Waals surface area contributed by atoms with E-state index < -0.39 is 0 Å². The Morgan fingerprint density at radius 1 is 1.24 bits per heavy atom. The number of rotatable bonds is 4. The van der Waals surface area contributed by atoms with Crippen molar-refractivity contribution in [1.29, 1.82) is 0 Å². The second-order valence-corrected chi connectivity index (χ2v) is 5.62. The number of halogens is 1. The lowest BCUT2D eigenvalue weighted by atomic mass is 10.1. The summed E-state index contributed by atoms with van der Waals surface area (Å²) < 4.78 is 5.96. The number of amides is 1. The molecule has 0 aliphatic rings. The Bertz CT molecular complexity index is 641. The zero-order chi connectivity index (χ0) is 15.4. The van der Waals surface area contributed by atoms with Gasteiger partial charge in [-0.15, -0.1) is 0 Å². The molecule has 1 amide bonds. The molecule has 3 N–H and O–H groups in total. The van der Waals surface area contributed by atoms with Crippen LogP contribution >= 0.6 is 15.9 Å². The fraction of sp³-hybridized carbons (Fsp3) is 0.188. The molecule has 0 aliphatic carbocycles. The number of carbonyl (C=O) groups is 1. The van der Waals surface area contributed by atoms with Gasteiger partial charge in [-0.3, -0.25) is 4.79 Å². The predicted octanol–water partition coefficient (Wildman–Crippen LogP) is 3.53. The number of ether oxygens (including phenoxy) is 1. The van der Waals surface area contributed by atoms with Gasteiger partial charge in [0.1, 0.15) is 5.75 Å². The van der Waals surface area contributed by atoms with E-state index in [9.17, 15) is 4.79 Å². The van der Waals surface area contributed by atoms with Crippen LogP contribution in [0.3, 0.4) is 0 Å². The number of anilines is 1. The fourth-order valence-electron chi connectivity index (χ4n) is 1.99. The molecule has 0 heterocycles. The van der Waals surface area contributed by atoms with Crippen molar-refractivity contribution in [3.63, 3.8) is 0 Å². The van der Waals surface area contributed by atoms with Gasteiger partial charge in [-0.1, -0.05) is 28.1 Å². The Balaban J connectivity index is 2.10. The molecule has 0 aliphatic heterocycles. The zero-order valence-corrected chi connectivity index (χ0v) is 13.5. The van der Waals surface area contributed by atoms with E-state index in [0.717, 1.165) is 15.8 Å². The summed E-state index contributed by atoms with van der Waals surface area (Å²) in [6.45, 7) is 1.93. The maximum Gasteiger partial charge on any atom is 0.253 e. The van der Waals surface area contributed by atoms with Gasteiger partial charge in [-0.05, 0) is 42.8 Å². The number of hydrogen-bond acceptors (Lipinski definition) is 3. The molecule has 4 nitrogen and oxygen atoms in total. The summed E-state index contributed by atoms with van der Waals surface area (Å²) in [5.74, 6) is 0.595. The molecule has 2 aromatic carbocycles. The van der Waals surface area contributed by atoms with Crippen molar-refractivity contribution < 1.29 is 9.53 Å². The van der Waals surface area contributed by atoms with Crippen molar-refractivity contribution in [2.45, 2.75) is 13.0 Å². The smallest absolute Gasteiger partial charge is 0.253 e. The van der Waals surface area contributed by atoms with E-state index in [2.05, 4.69) is 21.2 Å². The van der Waals surface area contributed by atoms with Crippen molar-refractivity contribution in [3.05, 3.63) is 58.1 Å². The largest absolute Gasteiger partial charge is 0.497 e. The van der Waals surface area contributed by atoms with E-state index in [-0.39, 0.29) is 11.9 Å². The quantitative estimate of drug-likeness (QED) is 0.830. The van der Waals surface area contributed by atoms with Crippen LogP contribution in [0.2, 0.25) is 0 Å². The van der Waals surface area contributed by atoms with Gasteiger partial charge in [-0.25, -0.2) is 0 Å². The molecule has 0 bridgehead atoms. The molecule has 2 aromatic rings. The molecule has 2 rings (SSSR count). The number of methoxy groups -OCH3 is 1. The minimum Gasteiger partial charge on any atom is -0.497 e. The standard InChI is InChI=1S/C16H17BrN2O2/c1-10(11-3-6-13(21-2)7-4-11)19-16(20)14-8-5-12(17)9-15(14)18/h3-10H,18H2,1-2H3,(H,19,20)/t10-/m1/s1. The third-order valence-corrected chi connectivity index (χ3v) is 3.71. The molecule has 110 valence electrons. The summed E-state index contributed by atoms with van der Waals surface area (Å²) in [5.41, 5.74) is 7.79. The lowest BCUT2D eigenvalue weighted by molar-refractivity contribution is 0.0941. The predicted molar refractivity (Wildman–Crippen MR) is 87.4 cm³/mol. The van der Waals surface area contributed by atoms with E-state index >= 15 is 0 Å². The van der Waals surface area contributed by atoms with Crippen molar-refractivity contribution in [2.24, 2.45) is 0 Å². The lowest BCUT2D eigenvalue weighted by Gasteiger charge is -2.15. The first-order valence-electron chi connectivity index (χ1n) is 6.51. The lowest BCUT2D eigenvalue weighted by Crippen LogP contribution is -2.27. The highest BCUT2D eigenvalue weighted by molar-refractivity contribution is 9.10. The number of nitrogen functional groups attached to an aromatic ring is 1. The van der Waals surface area contributed by atoms with Crippen LogP contribution in [0.4, 0.5) is 5.69 Å². The topological polar surface area (TPSA) is 64.3 Å².